The van der Waals surface area contributed by atoms with Gasteiger partial charge < -0.3 is 15.5 Å². The molecule has 2 heterocycles. The van der Waals surface area contributed by atoms with Crippen molar-refractivity contribution in [2.24, 2.45) is 0 Å². The molecule has 2 aromatic rings. The molecule has 0 radical (unpaired) electrons. The lowest BCUT2D eigenvalue weighted by atomic mass is 10.2. The summed E-state index contributed by atoms with van der Waals surface area (Å²) in [6.07, 6.45) is 6.71. The predicted molar refractivity (Wildman–Crippen MR) is 103 cm³/mol. The SMILES string of the molecule is CSc1ccc(NC(=O)N(Cc2ccncc2)C[C@@H]2CCC(=O)N2)cc1. The Balaban J connectivity index is 1.69. The highest BCUT2D eigenvalue weighted by Crippen LogP contribution is 2.18. The molecule has 1 aromatic carbocycles. The number of nitrogens with one attached hydrogen (secondary N) is 2. The van der Waals surface area contributed by atoms with Gasteiger partial charge in [0.1, 0.15) is 0 Å². The first-order valence-electron chi connectivity index (χ1n) is 8.52. The Hall–Kier alpha value is -2.54. The summed E-state index contributed by atoms with van der Waals surface area (Å²) < 4.78 is 0. The van der Waals surface area contributed by atoms with Gasteiger partial charge in [0.2, 0.25) is 5.91 Å². The van der Waals surface area contributed by atoms with E-state index in [0.717, 1.165) is 22.6 Å². The third kappa shape index (κ3) is 4.98. The molecule has 1 atom stereocenters. The van der Waals surface area contributed by atoms with Gasteiger partial charge in [0.25, 0.3) is 0 Å². The molecular formula is C19H22N4O2S. The number of amides is 3. The van der Waals surface area contributed by atoms with E-state index < -0.39 is 0 Å². The molecule has 0 aliphatic carbocycles. The summed E-state index contributed by atoms with van der Waals surface area (Å²) in [5, 5.41) is 5.88. The highest BCUT2D eigenvalue weighted by Gasteiger charge is 2.25. The van der Waals surface area contributed by atoms with Gasteiger partial charge in [-0.1, -0.05) is 0 Å². The number of pyridine rings is 1. The van der Waals surface area contributed by atoms with Crippen molar-refractivity contribution in [3.05, 3.63) is 54.4 Å². The van der Waals surface area contributed by atoms with E-state index in [-0.39, 0.29) is 18.0 Å². The van der Waals surface area contributed by atoms with Gasteiger partial charge in [-0.15, -0.1) is 11.8 Å². The molecular weight excluding hydrogens is 348 g/mol. The van der Waals surface area contributed by atoms with Crippen LogP contribution in [0.4, 0.5) is 10.5 Å². The van der Waals surface area contributed by atoms with Gasteiger partial charge in [0, 0.05) is 48.5 Å². The lowest BCUT2D eigenvalue weighted by Crippen LogP contribution is -2.43. The van der Waals surface area contributed by atoms with Gasteiger partial charge in [0.15, 0.2) is 0 Å². The van der Waals surface area contributed by atoms with Crippen LogP contribution in [0.1, 0.15) is 18.4 Å². The van der Waals surface area contributed by atoms with Crippen molar-refractivity contribution >= 4 is 29.4 Å². The van der Waals surface area contributed by atoms with E-state index in [4.69, 9.17) is 0 Å². The molecule has 1 fully saturated rings. The number of thioether (sulfide) groups is 1. The van der Waals surface area contributed by atoms with E-state index in [1.54, 1.807) is 29.1 Å². The number of urea groups is 1. The van der Waals surface area contributed by atoms with Crippen LogP contribution in [0.15, 0.2) is 53.7 Å². The third-order valence-corrected chi connectivity index (χ3v) is 5.02. The van der Waals surface area contributed by atoms with Crippen LogP contribution in [0.3, 0.4) is 0 Å². The number of hydrogen-bond donors (Lipinski definition) is 2. The largest absolute Gasteiger partial charge is 0.352 e. The number of carbonyl (C=O) groups is 2. The first-order chi connectivity index (χ1) is 12.6. The van der Waals surface area contributed by atoms with Gasteiger partial charge in [0.05, 0.1) is 0 Å². The smallest absolute Gasteiger partial charge is 0.322 e. The lowest BCUT2D eigenvalue weighted by molar-refractivity contribution is -0.119. The van der Waals surface area contributed by atoms with Crippen molar-refractivity contribution in [2.75, 3.05) is 18.1 Å². The maximum atomic E-state index is 12.8. The molecule has 3 rings (SSSR count). The zero-order chi connectivity index (χ0) is 18.4. The second-order valence-electron chi connectivity index (χ2n) is 6.20. The average molecular weight is 370 g/mol. The molecule has 1 aromatic heterocycles. The second-order valence-corrected chi connectivity index (χ2v) is 7.08. The van der Waals surface area contributed by atoms with Crippen LogP contribution in [-0.2, 0) is 11.3 Å². The van der Waals surface area contributed by atoms with E-state index in [2.05, 4.69) is 15.6 Å². The predicted octanol–water partition coefficient (Wildman–Crippen LogP) is 3.12. The highest BCUT2D eigenvalue weighted by atomic mass is 32.2. The zero-order valence-corrected chi connectivity index (χ0v) is 15.5. The van der Waals surface area contributed by atoms with Crippen molar-refractivity contribution in [3.63, 3.8) is 0 Å². The van der Waals surface area contributed by atoms with Crippen molar-refractivity contribution < 1.29 is 9.59 Å². The number of benzene rings is 1. The van der Waals surface area contributed by atoms with Crippen LogP contribution < -0.4 is 10.6 Å². The molecule has 136 valence electrons. The zero-order valence-electron chi connectivity index (χ0n) is 14.6. The molecule has 26 heavy (non-hydrogen) atoms. The van der Waals surface area contributed by atoms with E-state index in [1.807, 2.05) is 42.7 Å². The van der Waals surface area contributed by atoms with Crippen LogP contribution in [0.2, 0.25) is 0 Å². The van der Waals surface area contributed by atoms with Crippen LogP contribution in [-0.4, -0.2) is 40.7 Å². The standard InChI is InChI=1S/C19H22N4O2S/c1-26-17-5-2-15(3-6-17)22-19(25)23(12-14-8-10-20-11-9-14)13-16-4-7-18(24)21-16/h2-3,5-6,8-11,16H,4,7,12-13H2,1H3,(H,21,24)(H,22,25)/t16-/m0/s1. The number of nitrogens with zero attached hydrogens (tertiary/aromatic N) is 2. The Morgan fingerprint density at radius 1 is 1.27 bits per heavy atom. The topological polar surface area (TPSA) is 74.3 Å². The average Bonchev–Trinajstić information content (AvgIpc) is 3.07. The van der Waals surface area contributed by atoms with Gasteiger partial charge in [-0.25, -0.2) is 4.79 Å². The van der Waals surface area contributed by atoms with Crippen LogP contribution >= 0.6 is 11.8 Å². The fourth-order valence-corrected chi connectivity index (χ4v) is 3.29. The second kappa shape index (κ2) is 8.71. The minimum absolute atomic E-state index is 0.00560. The molecule has 0 saturated carbocycles. The third-order valence-electron chi connectivity index (χ3n) is 4.28. The Morgan fingerprint density at radius 2 is 2.00 bits per heavy atom. The fourth-order valence-electron chi connectivity index (χ4n) is 2.89. The summed E-state index contributed by atoms with van der Waals surface area (Å²) in [4.78, 5) is 31.2. The number of aromatic nitrogens is 1. The van der Waals surface area contributed by atoms with Gasteiger partial charge in [-0.2, -0.15) is 0 Å². The van der Waals surface area contributed by atoms with E-state index >= 15 is 0 Å². The summed E-state index contributed by atoms with van der Waals surface area (Å²) in [6, 6.07) is 11.3. The van der Waals surface area contributed by atoms with E-state index in [1.165, 1.54) is 0 Å². The Kier molecular flexibility index (Phi) is 6.12. The summed E-state index contributed by atoms with van der Waals surface area (Å²) in [5.41, 5.74) is 1.75. The molecule has 1 aliphatic heterocycles. The van der Waals surface area contributed by atoms with Crippen molar-refractivity contribution in [1.82, 2.24) is 15.2 Å². The summed E-state index contributed by atoms with van der Waals surface area (Å²) in [5.74, 6) is 0.0481. The van der Waals surface area contributed by atoms with Crippen LogP contribution in [0, 0.1) is 0 Å². The fraction of sp³-hybridized carbons (Fsp3) is 0.316. The van der Waals surface area contributed by atoms with E-state index in [9.17, 15) is 9.59 Å². The van der Waals surface area contributed by atoms with Crippen LogP contribution in [0.5, 0.6) is 0 Å². The normalized spacial score (nSPS) is 16.2. The Bertz CT molecular complexity index is 752. The first kappa shape index (κ1) is 18.3. The maximum Gasteiger partial charge on any atom is 0.322 e. The number of anilines is 1. The van der Waals surface area contributed by atoms with Crippen molar-refractivity contribution in [3.8, 4) is 0 Å². The Labute approximate surface area is 157 Å². The summed E-state index contributed by atoms with van der Waals surface area (Å²) in [6.45, 7) is 0.937. The molecule has 3 amide bonds. The minimum atomic E-state index is -0.181. The number of hydrogen-bond acceptors (Lipinski definition) is 4. The molecule has 0 spiro atoms. The lowest BCUT2D eigenvalue weighted by Gasteiger charge is -2.26. The van der Waals surface area contributed by atoms with Gasteiger partial charge in [-0.3, -0.25) is 9.78 Å². The molecule has 0 bridgehead atoms. The minimum Gasteiger partial charge on any atom is -0.352 e. The highest BCUT2D eigenvalue weighted by molar-refractivity contribution is 7.98. The molecule has 0 unspecified atom stereocenters. The first-order valence-corrected chi connectivity index (χ1v) is 9.75. The van der Waals surface area contributed by atoms with E-state index in [0.29, 0.717) is 19.5 Å². The number of carbonyl (C=O) groups excluding carboxylic acids is 2. The maximum absolute atomic E-state index is 12.8. The molecule has 1 aliphatic rings. The molecule has 1 saturated heterocycles. The molecule has 7 heteroatoms. The molecule has 6 nitrogen and oxygen atoms in total. The number of rotatable bonds is 6. The van der Waals surface area contributed by atoms with Crippen LogP contribution in [0.25, 0.3) is 0 Å². The van der Waals surface area contributed by atoms with Crippen molar-refractivity contribution in [2.45, 2.75) is 30.3 Å². The quantitative estimate of drug-likeness (QED) is 0.766. The van der Waals surface area contributed by atoms with Crippen molar-refractivity contribution in [1.29, 1.82) is 0 Å². The summed E-state index contributed by atoms with van der Waals surface area (Å²) in [7, 11) is 0. The Morgan fingerprint density at radius 3 is 2.62 bits per heavy atom. The van der Waals surface area contributed by atoms with Gasteiger partial charge in [-0.05, 0) is 54.6 Å². The monoisotopic (exact) mass is 370 g/mol. The molecule has 2 N–H and O–H groups in total. The summed E-state index contributed by atoms with van der Waals surface area (Å²) >= 11 is 1.66. The van der Waals surface area contributed by atoms with Gasteiger partial charge >= 0.3 is 6.03 Å².